The minimum Gasteiger partial charge on any atom is -0.378 e. The van der Waals surface area contributed by atoms with E-state index >= 15 is 0 Å². The van der Waals surface area contributed by atoms with E-state index in [1.165, 1.54) is 16.9 Å². The zero-order valence-electron chi connectivity index (χ0n) is 26.0. The van der Waals surface area contributed by atoms with Crippen molar-refractivity contribution in [2.75, 3.05) is 41.4 Å². The van der Waals surface area contributed by atoms with Gasteiger partial charge >= 0.3 is 0 Å². The van der Waals surface area contributed by atoms with Crippen LogP contribution in [0.1, 0.15) is 35.5 Å². The maximum absolute atomic E-state index is 13.8. The van der Waals surface area contributed by atoms with E-state index in [1.54, 1.807) is 13.0 Å². The van der Waals surface area contributed by atoms with Crippen LogP contribution in [0.15, 0.2) is 72.8 Å². The quantitative estimate of drug-likeness (QED) is 0.152. The van der Waals surface area contributed by atoms with E-state index in [0.717, 1.165) is 67.4 Å². The van der Waals surface area contributed by atoms with Crippen LogP contribution in [-0.4, -0.2) is 54.1 Å². The van der Waals surface area contributed by atoms with Gasteiger partial charge in [-0.25, -0.2) is 4.98 Å². The summed E-state index contributed by atoms with van der Waals surface area (Å²) in [6.45, 7) is 6.37. The number of benzene rings is 4. The van der Waals surface area contributed by atoms with Gasteiger partial charge in [-0.05, 0) is 88.5 Å². The summed E-state index contributed by atoms with van der Waals surface area (Å²) < 4.78 is 6.35. The molecule has 236 valence electrons. The number of morpholine rings is 1. The molecule has 4 heterocycles. The van der Waals surface area contributed by atoms with E-state index in [-0.39, 0.29) is 23.1 Å². The first kappa shape index (κ1) is 29.8. The Morgan fingerprint density at radius 1 is 0.979 bits per heavy atom. The molecule has 2 aliphatic rings. The third kappa shape index (κ3) is 5.28. The number of ether oxygens (including phenoxy) is 1. The molecule has 2 aliphatic heterocycles. The van der Waals surface area contributed by atoms with Crippen LogP contribution in [0.25, 0.3) is 42.9 Å². The number of aryl methyl sites for hydroxylation is 1. The molecular formula is C37H32ClN5O3S. The molecule has 0 spiro atoms. The molecule has 8 rings (SSSR count). The van der Waals surface area contributed by atoms with Crippen LogP contribution < -0.4 is 15.1 Å². The van der Waals surface area contributed by atoms with Crippen molar-refractivity contribution in [2.45, 2.75) is 32.7 Å². The van der Waals surface area contributed by atoms with Crippen LogP contribution in [0, 0.1) is 0 Å². The average Bonchev–Trinajstić information content (AvgIpc) is 3.52. The second-order valence-corrected chi connectivity index (χ2v) is 13.6. The second-order valence-electron chi connectivity index (χ2n) is 12.2. The fourth-order valence-electron chi connectivity index (χ4n) is 7.05. The monoisotopic (exact) mass is 661 g/mol. The number of carbonyl (C=O) groups excluding carboxylic acids is 2. The Balaban J connectivity index is 1.20. The molecule has 2 aromatic heterocycles. The number of amides is 2. The fraction of sp³-hybridized carbons (Fsp3) is 0.243. The lowest BCUT2D eigenvalue weighted by molar-refractivity contribution is -0.117. The Kier molecular flexibility index (Phi) is 7.55. The smallest absolute Gasteiger partial charge is 0.265 e. The van der Waals surface area contributed by atoms with E-state index in [0.29, 0.717) is 36.7 Å². The van der Waals surface area contributed by atoms with Crippen LogP contribution in [-0.2, 0) is 16.0 Å². The molecule has 1 fully saturated rings. The largest absolute Gasteiger partial charge is 0.378 e. The lowest BCUT2D eigenvalue weighted by atomic mass is 9.89. The predicted molar refractivity (Wildman–Crippen MR) is 191 cm³/mol. The Morgan fingerprint density at radius 3 is 2.64 bits per heavy atom. The van der Waals surface area contributed by atoms with Crippen LogP contribution in [0.5, 0.6) is 0 Å². The highest BCUT2D eigenvalue weighted by atomic mass is 35.5. The van der Waals surface area contributed by atoms with Gasteiger partial charge in [-0.15, -0.1) is 11.3 Å². The van der Waals surface area contributed by atoms with Gasteiger partial charge in [-0.3, -0.25) is 9.59 Å². The summed E-state index contributed by atoms with van der Waals surface area (Å²) in [5.41, 5.74) is 5.70. The van der Waals surface area contributed by atoms with Crippen LogP contribution in [0.2, 0.25) is 5.28 Å². The number of thiophene rings is 1. The first-order valence-corrected chi connectivity index (χ1v) is 17.0. The third-order valence-corrected chi connectivity index (χ3v) is 10.6. The number of nitrogens with zero attached hydrogens (tertiary/aromatic N) is 4. The second kappa shape index (κ2) is 11.9. The van der Waals surface area contributed by atoms with Gasteiger partial charge in [0.25, 0.3) is 5.91 Å². The first-order chi connectivity index (χ1) is 22.9. The minimum absolute atomic E-state index is 0.0637. The number of anilines is 3. The molecule has 0 radical (unpaired) electrons. The summed E-state index contributed by atoms with van der Waals surface area (Å²) in [5, 5.41) is 7.60. The zero-order valence-corrected chi connectivity index (χ0v) is 27.6. The molecule has 6 aromatic rings. The number of hydrogen-bond donors (Lipinski definition) is 1. The molecule has 0 saturated carbocycles. The Labute approximate surface area is 280 Å². The number of fused-ring (bicyclic) bond motifs is 5. The number of halogens is 1. The molecule has 0 bridgehead atoms. The Bertz CT molecular complexity index is 2230. The average molecular weight is 662 g/mol. The molecule has 2 amide bonds. The Hall–Kier alpha value is -4.57. The van der Waals surface area contributed by atoms with Gasteiger partial charge < -0.3 is 19.9 Å². The predicted octanol–water partition coefficient (Wildman–Crippen LogP) is 8.09. The van der Waals surface area contributed by atoms with E-state index in [4.69, 9.17) is 16.3 Å². The van der Waals surface area contributed by atoms with Gasteiger partial charge in [0.2, 0.25) is 11.2 Å². The van der Waals surface area contributed by atoms with Gasteiger partial charge in [-0.1, -0.05) is 48.5 Å². The molecule has 1 atom stereocenters. The van der Waals surface area contributed by atoms with E-state index in [9.17, 15) is 9.59 Å². The van der Waals surface area contributed by atoms with Crippen LogP contribution in [0.3, 0.4) is 0 Å². The number of hydrogen-bond acceptors (Lipinski definition) is 7. The zero-order chi connectivity index (χ0) is 32.2. The third-order valence-electron chi connectivity index (χ3n) is 9.28. The highest BCUT2D eigenvalue weighted by Gasteiger charge is 2.27. The number of rotatable bonds is 4. The van der Waals surface area contributed by atoms with Crippen molar-refractivity contribution in [3.8, 4) is 11.1 Å². The molecule has 0 unspecified atom stereocenters. The lowest BCUT2D eigenvalue weighted by Gasteiger charge is -2.35. The van der Waals surface area contributed by atoms with Gasteiger partial charge in [-0.2, -0.15) is 4.98 Å². The molecular weight excluding hydrogens is 630 g/mol. The van der Waals surface area contributed by atoms with Gasteiger partial charge in [0.05, 0.1) is 28.3 Å². The number of nitrogens with one attached hydrogen (secondary N) is 1. The molecule has 1 N–H and O–H groups in total. The van der Waals surface area contributed by atoms with E-state index in [2.05, 4.69) is 75.6 Å². The normalized spacial score (nSPS) is 16.5. The SMILES string of the molecule is CC(=O)N1c2ccc(-c3ccc(NC(=O)c4cc5nc(Cl)nc(N6CCOCC6)c5s4)c4ccc5ccccc5c34)cc2CC[C@@H]1C. The molecule has 47 heavy (non-hydrogen) atoms. The summed E-state index contributed by atoms with van der Waals surface area (Å²) in [6.07, 6.45) is 1.84. The fourth-order valence-corrected chi connectivity index (χ4v) is 8.23. The maximum Gasteiger partial charge on any atom is 0.265 e. The van der Waals surface area contributed by atoms with Crippen molar-refractivity contribution in [1.82, 2.24) is 9.97 Å². The summed E-state index contributed by atoms with van der Waals surface area (Å²) >= 11 is 7.68. The van der Waals surface area contributed by atoms with Crippen molar-refractivity contribution < 1.29 is 14.3 Å². The van der Waals surface area contributed by atoms with Crippen molar-refractivity contribution in [2.24, 2.45) is 0 Å². The van der Waals surface area contributed by atoms with Crippen molar-refractivity contribution in [3.63, 3.8) is 0 Å². The number of carbonyl (C=O) groups is 2. The van der Waals surface area contributed by atoms with Gasteiger partial charge in [0.1, 0.15) is 0 Å². The molecule has 1 saturated heterocycles. The number of aromatic nitrogens is 2. The molecule has 8 nitrogen and oxygen atoms in total. The molecule has 0 aliphatic carbocycles. The van der Waals surface area contributed by atoms with E-state index in [1.807, 2.05) is 23.1 Å². The van der Waals surface area contributed by atoms with Crippen molar-refractivity contribution in [3.05, 3.63) is 88.5 Å². The molecule has 10 heteroatoms. The van der Waals surface area contributed by atoms with Gasteiger partial charge in [0.15, 0.2) is 5.82 Å². The maximum atomic E-state index is 13.8. The summed E-state index contributed by atoms with van der Waals surface area (Å²) in [5.74, 6) is 0.583. The van der Waals surface area contributed by atoms with Crippen LogP contribution in [0.4, 0.5) is 17.2 Å². The summed E-state index contributed by atoms with van der Waals surface area (Å²) in [7, 11) is 0. The summed E-state index contributed by atoms with van der Waals surface area (Å²) in [4.78, 5) is 39.9. The van der Waals surface area contributed by atoms with Crippen molar-refractivity contribution >= 4 is 83.7 Å². The highest BCUT2D eigenvalue weighted by Crippen LogP contribution is 2.41. The Morgan fingerprint density at radius 2 is 1.81 bits per heavy atom. The van der Waals surface area contributed by atoms with E-state index < -0.39 is 0 Å². The topological polar surface area (TPSA) is 87.7 Å². The lowest BCUT2D eigenvalue weighted by Crippen LogP contribution is -2.40. The standard InChI is InChI=1S/C37H32ClN5O3S/c1-21-7-8-25-19-24(10-14-31(25)43(21)22(2)44)27-12-13-29(28-11-9-23-5-3-4-6-26(23)33(27)28)39-36(45)32-20-30-34(47-32)35(41-37(38)40-30)42-15-17-46-18-16-42/h3-6,9-14,19-21H,7-8,15-18H2,1-2H3,(H,39,45)/t21-/m0/s1. The summed E-state index contributed by atoms with van der Waals surface area (Å²) in [6, 6.07) is 25.0. The first-order valence-electron chi connectivity index (χ1n) is 15.8. The highest BCUT2D eigenvalue weighted by molar-refractivity contribution is 7.21. The minimum atomic E-state index is -0.216. The van der Waals surface area contributed by atoms with Crippen molar-refractivity contribution in [1.29, 1.82) is 0 Å². The van der Waals surface area contributed by atoms with Crippen LogP contribution >= 0.6 is 22.9 Å². The van der Waals surface area contributed by atoms with Gasteiger partial charge in [0, 0.05) is 42.8 Å². The molecule has 4 aromatic carbocycles.